The van der Waals surface area contributed by atoms with E-state index in [4.69, 9.17) is 15.6 Å². The number of rotatable bonds is 12. The topological polar surface area (TPSA) is 188 Å². The first-order valence-corrected chi connectivity index (χ1v) is 15.2. The van der Waals surface area contributed by atoms with E-state index in [1.807, 2.05) is 6.92 Å². The van der Waals surface area contributed by atoms with Gasteiger partial charge in [-0.3, -0.25) is 24.0 Å². The van der Waals surface area contributed by atoms with Crippen molar-refractivity contribution in [2.45, 2.75) is 63.7 Å². The number of nitrogens with two attached hydrogens (primary N) is 1. The first-order valence-electron chi connectivity index (χ1n) is 15.2. The molecule has 0 radical (unpaired) electrons. The van der Waals surface area contributed by atoms with Crippen molar-refractivity contribution in [2.24, 2.45) is 5.73 Å². The highest BCUT2D eigenvalue weighted by atomic mass is 19.4. The number of likely N-dealkylation sites (tertiary alicyclic amines) is 1. The molecule has 2 aliphatic rings. The smallest absolute Gasteiger partial charge is 0.475 e. The Balaban J connectivity index is 0.000000771. The lowest BCUT2D eigenvalue weighted by Gasteiger charge is -2.24. The fraction of sp³-hybridized carbons (Fsp3) is 0.438. The number of alkyl halides is 3. The summed E-state index contributed by atoms with van der Waals surface area (Å²) in [6.07, 6.45) is -0.898. The van der Waals surface area contributed by atoms with Gasteiger partial charge in [0.05, 0.1) is 18.2 Å². The first-order chi connectivity index (χ1) is 22.3. The summed E-state index contributed by atoms with van der Waals surface area (Å²) in [7, 11) is 0. The van der Waals surface area contributed by atoms with E-state index in [9.17, 15) is 37.1 Å². The van der Waals surface area contributed by atoms with Crippen molar-refractivity contribution < 1.29 is 47.0 Å². The number of amides is 3. The van der Waals surface area contributed by atoms with E-state index in [1.165, 1.54) is 4.90 Å². The van der Waals surface area contributed by atoms with Crippen LogP contribution in [-0.4, -0.2) is 89.7 Å². The lowest BCUT2D eigenvalue weighted by Crippen LogP contribution is -2.50. The number of hydrogen-bond donors (Lipinski definition) is 5. The lowest BCUT2D eigenvalue weighted by molar-refractivity contribution is -0.192. The molecule has 0 saturated carbocycles. The molecular formula is C32H38F3N5O7. The van der Waals surface area contributed by atoms with Crippen LogP contribution in [0.2, 0.25) is 0 Å². The molecule has 1 fully saturated rings. The van der Waals surface area contributed by atoms with E-state index in [2.05, 4.69) is 16.0 Å². The Labute approximate surface area is 269 Å². The molecule has 1 aliphatic carbocycles. The maximum Gasteiger partial charge on any atom is 0.490 e. The Morgan fingerprint density at radius 2 is 1.60 bits per heavy atom. The molecule has 0 unspecified atom stereocenters. The third kappa shape index (κ3) is 9.61. The summed E-state index contributed by atoms with van der Waals surface area (Å²) in [6.45, 7) is 3.14. The summed E-state index contributed by atoms with van der Waals surface area (Å²) in [5.41, 5.74) is 8.01. The summed E-state index contributed by atoms with van der Waals surface area (Å²) in [5.74, 6) is -4.00. The molecule has 12 nitrogen and oxygen atoms in total. The van der Waals surface area contributed by atoms with Crippen molar-refractivity contribution >= 4 is 40.9 Å². The van der Waals surface area contributed by atoms with Crippen LogP contribution in [0.3, 0.4) is 0 Å². The van der Waals surface area contributed by atoms with Gasteiger partial charge in [-0.2, -0.15) is 13.2 Å². The minimum atomic E-state index is -5.08. The molecule has 15 heteroatoms. The number of carbonyl (C=O) groups is 6. The molecule has 254 valence electrons. The molecule has 1 saturated heterocycles. The summed E-state index contributed by atoms with van der Waals surface area (Å²) >= 11 is 0. The average molecular weight is 662 g/mol. The SMILES string of the molecule is CCCC[C@H](N)C(=O)NCC(=O)N1CCC[C@H]1C(=O)NCCCNc1cccc2c1C(=O)c1ccccc1C2=O.O=C(O)C(F)(F)F. The summed E-state index contributed by atoms with van der Waals surface area (Å²) in [6, 6.07) is 10.8. The maximum absolute atomic E-state index is 13.1. The standard InChI is InChI=1S/C30H37N5O5.C2HF3O2/c1-2-3-12-22(31)29(39)34-18-25(36)35-17-7-14-24(35)30(40)33-16-8-15-32-23-13-6-11-21-26(23)28(38)20-10-5-4-9-19(20)27(21)37;3-2(4,5)1(6)7/h4-6,9-11,13,22,24,32H,2-3,7-8,12,14-18,31H2,1H3,(H,33,40)(H,34,39);(H,6,7)/t22-,24-;/m0./s1. The molecule has 2 atom stereocenters. The Bertz CT molecular complexity index is 1500. The summed E-state index contributed by atoms with van der Waals surface area (Å²) in [5, 5.41) is 15.8. The van der Waals surface area contributed by atoms with Gasteiger partial charge in [0.25, 0.3) is 0 Å². The average Bonchev–Trinajstić information content (AvgIpc) is 3.55. The van der Waals surface area contributed by atoms with Crippen LogP contribution < -0.4 is 21.7 Å². The maximum atomic E-state index is 13.1. The number of nitrogens with zero attached hydrogens (tertiary/aromatic N) is 1. The molecule has 2 aromatic carbocycles. The van der Waals surface area contributed by atoms with E-state index >= 15 is 0 Å². The van der Waals surface area contributed by atoms with Gasteiger partial charge in [0.2, 0.25) is 17.7 Å². The predicted octanol–water partition coefficient (Wildman–Crippen LogP) is 2.64. The van der Waals surface area contributed by atoms with Crippen molar-refractivity contribution in [3.8, 4) is 0 Å². The monoisotopic (exact) mass is 661 g/mol. The van der Waals surface area contributed by atoms with Gasteiger partial charge in [0, 0.05) is 42.0 Å². The summed E-state index contributed by atoms with van der Waals surface area (Å²) in [4.78, 5) is 74.1. The van der Waals surface area contributed by atoms with Gasteiger partial charge in [-0.05, 0) is 31.7 Å². The molecule has 1 heterocycles. The van der Waals surface area contributed by atoms with Crippen LogP contribution >= 0.6 is 0 Å². The second kappa shape index (κ2) is 16.7. The Hall–Kier alpha value is -4.79. The number of halogens is 3. The zero-order valence-electron chi connectivity index (χ0n) is 25.8. The number of carboxylic acid groups (broad SMARTS) is 1. The molecule has 1 aliphatic heterocycles. The van der Waals surface area contributed by atoms with Gasteiger partial charge in [0.15, 0.2) is 11.6 Å². The minimum absolute atomic E-state index is 0.171. The molecule has 2 aromatic rings. The van der Waals surface area contributed by atoms with Crippen molar-refractivity contribution in [3.63, 3.8) is 0 Å². The lowest BCUT2D eigenvalue weighted by atomic mass is 9.83. The molecule has 0 aromatic heterocycles. The van der Waals surface area contributed by atoms with Crippen molar-refractivity contribution in [1.29, 1.82) is 0 Å². The number of anilines is 1. The number of fused-ring (bicyclic) bond motifs is 2. The zero-order chi connectivity index (χ0) is 34.7. The fourth-order valence-corrected chi connectivity index (χ4v) is 5.22. The Morgan fingerprint density at radius 1 is 0.957 bits per heavy atom. The third-order valence-electron chi connectivity index (χ3n) is 7.66. The quantitative estimate of drug-likeness (QED) is 0.182. The van der Waals surface area contributed by atoms with Crippen LogP contribution in [-0.2, 0) is 19.2 Å². The van der Waals surface area contributed by atoms with Crippen LogP contribution in [0.5, 0.6) is 0 Å². The molecule has 0 bridgehead atoms. The van der Waals surface area contributed by atoms with Crippen LogP contribution in [0.1, 0.15) is 77.3 Å². The first kappa shape index (κ1) is 36.7. The van der Waals surface area contributed by atoms with Crippen molar-refractivity contribution in [2.75, 3.05) is 31.5 Å². The van der Waals surface area contributed by atoms with E-state index < -0.39 is 24.2 Å². The number of aliphatic carboxylic acids is 1. The molecule has 6 N–H and O–H groups in total. The number of carboxylic acids is 1. The van der Waals surface area contributed by atoms with Gasteiger partial charge in [-0.15, -0.1) is 0 Å². The highest BCUT2D eigenvalue weighted by Gasteiger charge is 2.38. The normalized spacial score (nSPS) is 15.9. The molecule has 4 rings (SSSR count). The van der Waals surface area contributed by atoms with E-state index in [-0.39, 0.29) is 35.8 Å². The molecule has 0 spiro atoms. The van der Waals surface area contributed by atoms with Gasteiger partial charge in [-0.25, -0.2) is 4.79 Å². The number of ketones is 2. The van der Waals surface area contributed by atoms with Gasteiger partial charge < -0.3 is 31.7 Å². The van der Waals surface area contributed by atoms with E-state index in [0.29, 0.717) is 73.3 Å². The Morgan fingerprint density at radius 3 is 2.23 bits per heavy atom. The number of hydrogen-bond acceptors (Lipinski definition) is 8. The largest absolute Gasteiger partial charge is 0.490 e. The second-order valence-corrected chi connectivity index (χ2v) is 11.0. The van der Waals surface area contributed by atoms with Gasteiger partial charge in [-0.1, -0.05) is 56.2 Å². The van der Waals surface area contributed by atoms with Crippen LogP contribution in [0.4, 0.5) is 18.9 Å². The van der Waals surface area contributed by atoms with Crippen LogP contribution in [0.25, 0.3) is 0 Å². The van der Waals surface area contributed by atoms with Crippen molar-refractivity contribution in [3.05, 3.63) is 64.7 Å². The predicted molar refractivity (Wildman–Crippen MR) is 165 cm³/mol. The highest BCUT2D eigenvalue weighted by molar-refractivity contribution is 6.30. The third-order valence-corrected chi connectivity index (χ3v) is 7.66. The number of unbranched alkanes of at least 4 members (excludes halogenated alkanes) is 1. The van der Waals surface area contributed by atoms with Crippen LogP contribution in [0, 0.1) is 0 Å². The second-order valence-electron chi connectivity index (χ2n) is 11.0. The van der Waals surface area contributed by atoms with Gasteiger partial charge in [0.1, 0.15) is 6.04 Å². The van der Waals surface area contributed by atoms with E-state index in [1.54, 1.807) is 42.5 Å². The number of nitrogens with one attached hydrogen (secondary N) is 3. The molecule has 47 heavy (non-hydrogen) atoms. The molecular weight excluding hydrogens is 623 g/mol. The number of carbonyl (C=O) groups excluding carboxylic acids is 5. The van der Waals surface area contributed by atoms with E-state index in [0.717, 1.165) is 12.8 Å². The van der Waals surface area contributed by atoms with Gasteiger partial charge >= 0.3 is 12.1 Å². The molecule has 3 amide bonds. The minimum Gasteiger partial charge on any atom is -0.475 e. The zero-order valence-corrected chi connectivity index (χ0v) is 25.8. The van der Waals surface area contributed by atoms with Crippen molar-refractivity contribution in [1.82, 2.24) is 15.5 Å². The fourth-order valence-electron chi connectivity index (χ4n) is 5.22. The number of benzene rings is 2. The Kier molecular flexibility index (Phi) is 13.0. The summed E-state index contributed by atoms with van der Waals surface area (Å²) < 4.78 is 31.7. The van der Waals surface area contributed by atoms with Crippen LogP contribution in [0.15, 0.2) is 42.5 Å². The highest BCUT2D eigenvalue weighted by Crippen LogP contribution is 2.31.